The molecule has 1 aromatic rings. The largest absolute Gasteiger partial charge is 0.462 e. The number of piperidine rings is 1. The second kappa shape index (κ2) is 6.35. The molecular weight excluding hydrogens is 230 g/mol. The summed E-state index contributed by atoms with van der Waals surface area (Å²) in [4.78, 5) is 15.7. The molecule has 2 rings (SSSR count). The van der Waals surface area contributed by atoms with E-state index in [1.165, 1.54) is 0 Å². The van der Waals surface area contributed by atoms with Gasteiger partial charge in [-0.25, -0.2) is 9.78 Å². The number of hydrogen-bond donors (Lipinski definition) is 2. The van der Waals surface area contributed by atoms with Crippen LogP contribution in [0.2, 0.25) is 0 Å². The molecule has 2 N–H and O–H groups in total. The van der Waals surface area contributed by atoms with E-state index in [1.54, 1.807) is 19.2 Å². The van der Waals surface area contributed by atoms with Crippen LogP contribution in [0.4, 0.5) is 5.82 Å². The van der Waals surface area contributed by atoms with E-state index in [4.69, 9.17) is 4.74 Å². The van der Waals surface area contributed by atoms with Crippen molar-refractivity contribution in [2.24, 2.45) is 0 Å². The Morgan fingerprint density at radius 2 is 2.28 bits per heavy atom. The molecular formula is C13H19N3O2. The number of nitrogens with one attached hydrogen (secondary N) is 2. The summed E-state index contributed by atoms with van der Waals surface area (Å²) in [5.74, 6) is 0.494. The molecule has 5 heteroatoms. The van der Waals surface area contributed by atoms with Crippen molar-refractivity contribution in [2.45, 2.75) is 25.8 Å². The van der Waals surface area contributed by atoms with Crippen molar-refractivity contribution >= 4 is 11.8 Å². The topological polar surface area (TPSA) is 63.2 Å². The van der Waals surface area contributed by atoms with Crippen LogP contribution in [-0.2, 0) is 4.74 Å². The number of carbonyl (C=O) groups excluding carboxylic acids is 1. The molecule has 0 amide bonds. The number of anilines is 1. The predicted molar refractivity (Wildman–Crippen MR) is 69.7 cm³/mol. The highest BCUT2D eigenvalue weighted by molar-refractivity contribution is 5.89. The van der Waals surface area contributed by atoms with Crippen molar-refractivity contribution in [3.8, 4) is 0 Å². The number of aromatic nitrogens is 1. The fourth-order valence-electron chi connectivity index (χ4n) is 1.99. The first-order valence-corrected chi connectivity index (χ1v) is 6.40. The van der Waals surface area contributed by atoms with Gasteiger partial charge in [-0.3, -0.25) is 0 Å². The van der Waals surface area contributed by atoms with E-state index in [1.807, 2.05) is 6.07 Å². The van der Waals surface area contributed by atoms with Crippen molar-refractivity contribution in [1.82, 2.24) is 10.3 Å². The van der Waals surface area contributed by atoms with Gasteiger partial charge in [0.25, 0.3) is 0 Å². The molecule has 1 aromatic heterocycles. The Labute approximate surface area is 107 Å². The van der Waals surface area contributed by atoms with Gasteiger partial charge in [-0.15, -0.1) is 0 Å². The van der Waals surface area contributed by atoms with Crippen LogP contribution in [0.25, 0.3) is 0 Å². The van der Waals surface area contributed by atoms with Gasteiger partial charge in [0, 0.05) is 12.2 Å². The summed E-state index contributed by atoms with van der Waals surface area (Å²) >= 11 is 0. The van der Waals surface area contributed by atoms with Crippen LogP contribution in [0, 0.1) is 0 Å². The lowest BCUT2D eigenvalue weighted by atomic mass is 10.1. The van der Waals surface area contributed by atoms with Crippen molar-refractivity contribution in [3.63, 3.8) is 0 Å². The normalized spacial score (nSPS) is 16.3. The zero-order valence-corrected chi connectivity index (χ0v) is 10.6. The quantitative estimate of drug-likeness (QED) is 0.790. The fraction of sp³-hybridized carbons (Fsp3) is 0.538. The molecule has 1 aliphatic rings. The van der Waals surface area contributed by atoms with Gasteiger partial charge in [-0.05, 0) is 45.0 Å². The van der Waals surface area contributed by atoms with Gasteiger partial charge in [-0.1, -0.05) is 0 Å². The van der Waals surface area contributed by atoms with E-state index in [-0.39, 0.29) is 5.97 Å². The van der Waals surface area contributed by atoms with Gasteiger partial charge >= 0.3 is 5.97 Å². The van der Waals surface area contributed by atoms with Gasteiger partial charge in [0.2, 0.25) is 0 Å². The molecule has 0 spiro atoms. The summed E-state index contributed by atoms with van der Waals surface area (Å²) in [6.07, 6.45) is 3.75. The maximum absolute atomic E-state index is 11.5. The predicted octanol–water partition coefficient (Wildman–Crippen LogP) is 1.42. The summed E-state index contributed by atoms with van der Waals surface area (Å²) in [7, 11) is 0. The first-order valence-electron chi connectivity index (χ1n) is 6.40. The Balaban J connectivity index is 1.92. The third-order valence-electron chi connectivity index (χ3n) is 2.97. The lowest BCUT2D eigenvalue weighted by molar-refractivity contribution is 0.0526. The van der Waals surface area contributed by atoms with Gasteiger partial charge in [-0.2, -0.15) is 0 Å². The number of carbonyl (C=O) groups is 1. The summed E-state index contributed by atoms with van der Waals surface area (Å²) in [5.41, 5.74) is 0.493. The van der Waals surface area contributed by atoms with Crippen LogP contribution >= 0.6 is 0 Å². The molecule has 1 fully saturated rings. The lowest BCUT2D eigenvalue weighted by Crippen LogP contribution is -2.35. The average molecular weight is 249 g/mol. The third-order valence-corrected chi connectivity index (χ3v) is 2.97. The van der Waals surface area contributed by atoms with E-state index in [2.05, 4.69) is 15.6 Å². The second-order valence-electron chi connectivity index (χ2n) is 4.32. The summed E-state index contributed by atoms with van der Waals surface area (Å²) in [6.45, 7) is 4.25. The van der Waals surface area contributed by atoms with Crippen LogP contribution in [-0.4, -0.2) is 36.7 Å². The molecule has 18 heavy (non-hydrogen) atoms. The summed E-state index contributed by atoms with van der Waals surface area (Å²) in [6, 6.07) is 4.04. The van der Waals surface area contributed by atoms with E-state index >= 15 is 0 Å². The molecule has 0 unspecified atom stereocenters. The Bertz CT molecular complexity index is 386. The maximum atomic E-state index is 11.5. The highest BCUT2D eigenvalue weighted by Crippen LogP contribution is 2.12. The molecule has 98 valence electrons. The Kier molecular flexibility index (Phi) is 4.52. The van der Waals surface area contributed by atoms with Crippen molar-refractivity contribution in [1.29, 1.82) is 0 Å². The Morgan fingerprint density at radius 1 is 1.50 bits per heavy atom. The molecule has 5 nitrogen and oxygen atoms in total. The van der Waals surface area contributed by atoms with Crippen molar-refractivity contribution in [3.05, 3.63) is 23.9 Å². The van der Waals surface area contributed by atoms with Crippen LogP contribution in [0.15, 0.2) is 18.3 Å². The van der Waals surface area contributed by atoms with Gasteiger partial charge in [0.05, 0.1) is 12.2 Å². The zero-order valence-electron chi connectivity index (χ0n) is 10.6. The van der Waals surface area contributed by atoms with Crippen molar-refractivity contribution < 1.29 is 9.53 Å². The SMILES string of the molecule is CCOC(=O)c1ccc(NC2CCNCC2)nc1. The van der Waals surface area contributed by atoms with Gasteiger partial charge in [0.1, 0.15) is 5.82 Å². The highest BCUT2D eigenvalue weighted by atomic mass is 16.5. The molecule has 0 saturated carbocycles. The molecule has 0 atom stereocenters. The summed E-state index contributed by atoms with van der Waals surface area (Å²) in [5, 5.41) is 6.69. The smallest absolute Gasteiger partial charge is 0.339 e. The third kappa shape index (κ3) is 3.43. The lowest BCUT2D eigenvalue weighted by Gasteiger charge is -2.24. The standard InChI is InChI=1S/C13H19N3O2/c1-2-18-13(17)10-3-4-12(15-9-10)16-11-5-7-14-8-6-11/h3-4,9,11,14H,2,5-8H2,1H3,(H,15,16). The van der Waals surface area contributed by atoms with Crippen LogP contribution in [0.5, 0.6) is 0 Å². The van der Waals surface area contributed by atoms with E-state index in [0.717, 1.165) is 31.7 Å². The highest BCUT2D eigenvalue weighted by Gasteiger charge is 2.13. The fourth-order valence-corrected chi connectivity index (χ4v) is 1.99. The number of pyridine rings is 1. The van der Waals surface area contributed by atoms with E-state index in [0.29, 0.717) is 18.2 Å². The first kappa shape index (κ1) is 12.8. The number of nitrogens with zero attached hydrogens (tertiary/aromatic N) is 1. The van der Waals surface area contributed by atoms with Crippen LogP contribution in [0.3, 0.4) is 0 Å². The van der Waals surface area contributed by atoms with Gasteiger partial charge < -0.3 is 15.4 Å². The second-order valence-corrected chi connectivity index (χ2v) is 4.32. The monoisotopic (exact) mass is 249 g/mol. The van der Waals surface area contributed by atoms with Gasteiger partial charge in [0.15, 0.2) is 0 Å². The number of ether oxygens (including phenoxy) is 1. The summed E-state index contributed by atoms with van der Waals surface area (Å²) < 4.78 is 4.91. The Hall–Kier alpha value is -1.62. The van der Waals surface area contributed by atoms with Crippen molar-refractivity contribution in [2.75, 3.05) is 25.0 Å². The molecule has 0 radical (unpaired) electrons. The number of esters is 1. The molecule has 1 saturated heterocycles. The Morgan fingerprint density at radius 3 is 2.89 bits per heavy atom. The minimum Gasteiger partial charge on any atom is -0.462 e. The molecule has 0 aliphatic carbocycles. The molecule has 0 aromatic carbocycles. The molecule has 1 aliphatic heterocycles. The number of hydrogen-bond acceptors (Lipinski definition) is 5. The number of rotatable bonds is 4. The molecule has 2 heterocycles. The van der Waals surface area contributed by atoms with Crippen LogP contribution < -0.4 is 10.6 Å². The molecule has 0 bridgehead atoms. The first-order chi connectivity index (χ1) is 8.79. The average Bonchev–Trinajstić information content (AvgIpc) is 2.41. The van der Waals surface area contributed by atoms with E-state index in [9.17, 15) is 4.79 Å². The minimum atomic E-state index is -0.321. The maximum Gasteiger partial charge on any atom is 0.339 e. The van der Waals surface area contributed by atoms with E-state index < -0.39 is 0 Å². The zero-order chi connectivity index (χ0) is 12.8. The van der Waals surface area contributed by atoms with Crippen LogP contribution in [0.1, 0.15) is 30.1 Å². The minimum absolute atomic E-state index is 0.321.